The van der Waals surface area contributed by atoms with Crippen LogP contribution in [0, 0.1) is 0 Å². The van der Waals surface area contributed by atoms with Gasteiger partial charge < -0.3 is 9.64 Å². The van der Waals surface area contributed by atoms with Crippen molar-refractivity contribution in [3.8, 4) is 44.9 Å². The SMILES string of the molecule is c1ccc(-c2ccc(N(c3ccccc3)c3ccc(-c4cccc5c4Oc4cc6ccccc6cc4C54c5ccccc5-c5ccccc54)cc3)cc2)cc1. The molecule has 2 aliphatic rings. The van der Waals surface area contributed by atoms with Crippen LogP contribution in [0.15, 0.2) is 212 Å². The number of rotatable bonds is 5. The topological polar surface area (TPSA) is 12.5 Å². The molecule has 9 aromatic rings. The van der Waals surface area contributed by atoms with E-state index < -0.39 is 5.41 Å². The summed E-state index contributed by atoms with van der Waals surface area (Å²) >= 11 is 0. The second kappa shape index (κ2) is 12.5. The summed E-state index contributed by atoms with van der Waals surface area (Å²) in [5.74, 6) is 1.80. The molecule has 55 heavy (non-hydrogen) atoms. The number of nitrogens with zero attached hydrogens (tertiary/aromatic N) is 1. The molecule has 9 aromatic carbocycles. The average Bonchev–Trinajstić information content (AvgIpc) is 3.55. The lowest BCUT2D eigenvalue weighted by atomic mass is 9.65. The van der Waals surface area contributed by atoms with E-state index in [4.69, 9.17) is 4.74 Å². The van der Waals surface area contributed by atoms with E-state index >= 15 is 0 Å². The van der Waals surface area contributed by atoms with E-state index in [1.165, 1.54) is 55.3 Å². The summed E-state index contributed by atoms with van der Waals surface area (Å²) in [5, 5.41) is 2.37. The van der Waals surface area contributed by atoms with Crippen LogP contribution in [0.1, 0.15) is 22.3 Å². The summed E-state index contributed by atoms with van der Waals surface area (Å²) in [7, 11) is 0. The van der Waals surface area contributed by atoms with Gasteiger partial charge in [-0.15, -0.1) is 0 Å². The van der Waals surface area contributed by atoms with Crippen LogP contribution < -0.4 is 9.64 Å². The van der Waals surface area contributed by atoms with Crippen LogP contribution in [-0.4, -0.2) is 0 Å². The number of anilines is 3. The van der Waals surface area contributed by atoms with E-state index in [0.29, 0.717) is 0 Å². The van der Waals surface area contributed by atoms with Gasteiger partial charge in [-0.05, 0) is 98.2 Å². The molecule has 2 nitrogen and oxygen atoms in total. The van der Waals surface area contributed by atoms with Crippen molar-refractivity contribution in [3.63, 3.8) is 0 Å². The fourth-order valence-electron chi connectivity index (χ4n) is 9.08. The highest BCUT2D eigenvalue weighted by Crippen LogP contribution is 2.63. The molecule has 0 bridgehead atoms. The molecule has 258 valence electrons. The van der Waals surface area contributed by atoms with Gasteiger partial charge in [-0.25, -0.2) is 0 Å². The fourth-order valence-corrected chi connectivity index (χ4v) is 9.08. The minimum Gasteiger partial charge on any atom is -0.456 e. The zero-order valence-electron chi connectivity index (χ0n) is 30.1. The smallest absolute Gasteiger partial charge is 0.140 e. The molecule has 0 aromatic heterocycles. The molecule has 0 unspecified atom stereocenters. The fraction of sp³-hybridized carbons (Fsp3) is 0.0189. The Morgan fingerprint density at radius 2 is 0.800 bits per heavy atom. The second-order valence-electron chi connectivity index (χ2n) is 14.5. The van der Waals surface area contributed by atoms with Crippen molar-refractivity contribution in [3.05, 3.63) is 235 Å². The molecule has 2 heteroatoms. The standard InChI is InChI=1S/C53H35NO/c1-3-14-36(15-4-1)37-26-30-42(31-27-37)54(41-18-5-2-6-19-41)43-32-28-38(29-33-43)44-22-13-25-49-52(44)55-51-35-40-17-8-7-16-39(40)34-50(51)53(49)47-23-11-9-20-45(47)46-21-10-12-24-48(46)53/h1-35H. The third kappa shape index (κ3) is 4.82. The lowest BCUT2D eigenvalue weighted by Crippen LogP contribution is -2.32. The van der Waals surface area contributed by atoms with Crippen LogP contribution >= 0.6 is 0 Å². The molecule has 0 atom stereocenters. The molecule has 1 spiro atoms. The van der Waals surface area contributed by atoms with Crippen LogP contribution in [-0.2, 0) is 5.41 Å². The van der Waals surface area contributed by atoms with E-state index in [1.807, 2.05) is 0 Å². The van der Waals surface area contributed by atoms with Crippen LogP contribution in [0.25, 0.3) is 44.2 Å². The van der Waals surface area contributed by atoms with Gasteiger partial charge in [0.15, 0.2) is 0 Å². The van der Waals surface area contributed by atoms with E-state index in [1.54, 1.807) is 0 Å². The number of hydrogen-bond acceptors (Lipinski definition) is 2. The van der Waals surface area contributed by atoms with Gasteiger partial charge in [0.25, 0.3) is 0 Å². The molecule has 1 aliphatic heterocycles. The first-order valence-corrected chi connectivity index (χ1v) is 18.9. The predicted molar refractivity (Wildman–Crippen MR) is 227 cm³/mol. The maximum atomic E-state index is 7.14. The zero-order chi connectivity index (χ0) is 36.3. The van der Waals surface area contributed by atoms with Gasteiger partial charge in [0.05, 0.1) is 5.41 Å². The first kappa shape index (κ1) is 31.4. The Hall–Kier alpha value is -7.16. The molecule has 0 fully saturated rings. The second-order valence-corrected chi connectivity index (χ2v) is 14.5. The van der Waals surface area contributed by atoms with Crippen LogP contribution in [0.3, 0.4) is 0 Å². The van der Waals surface area contributed by atoms with Gasteiger partial charge >= 0.3 is 0 Å². The van der Waals surface area contributed by atoms with E-state index in [0.717, 1.165) is 39.7 Å². The first-order valence-electron chi connectivity index (χ1n) is 18.9. The average molecular weight is 702 g/mol. The maximum absolute atomic E-state index is 7.14. The van der Waals surface area contributed by atoms with E-state index in [-0.39, 0.29) is 0 Å². The van der Waals surface area contributed by atoms with Crippen LogP contribution in [0.4, 0.5) is 17.1 Å². The van der Waals surface area contributed by atoms with Crippen molar-refractivity contribution in [1.82, 2.24) is 0 Å². The molecule has 0 saturated carbocycles. The van der Waals surface area contributed by atoms with Crippen molar-refractivity contribution in [2.45, 2.75) is 5.41 Å². The van der Waals surface area contributed by atoms with Gasteiger partial charge in [0.2, 0.25) is 0 Å². The molecular formula is C53H35NO. The van der Waals surface area contributed by atoms with Crippen LogP contribution in [0.5, 0.6) is 11.5 Å². The summed E-state index contributed by atoms with van der Waals surface area (Å²) in [6.07, 6.45) is 0. The quantitative estimate of drug-likeness (QED) is 0.177. The lowest BCUT2D eigenvalue weighted by Gasteiger charge is -2.40. The van der Waals surface area contributed by atoms with Crippen molar-refractivity contribution >= 4 is 27.8 Å². The van der Waals surface area contributed by atoms with Crippen molar-refractivity contribution < 1.29 is 4.74 Å². The summed E-state index contributed by atoms with van der Waals surface area (Å²) in [4.78, 5) is 2.32. The Morgan fingerprint density at radius 3 is 1.45 bits per heavy atom. The minimum atomic E-state index is -0.536. The summed E-state index contributed by atoms with van der Waals surface area (Å²) in [6.45, 7) is 0. The van der Waals surface area contributed by atoms with Gasteiger partial charge in [-0.3, -0.25) is 0 Å². The van der Waals surface area contributed by atoms with Gasteiger partial charge in [0, 0.05) is 33.8 Å². The normalized spacial score (nSPS) is 13.0. The van der Waals surface area contributed by atoms with Gasteiger partial charge in [-0.1, -0.05) is 164 Å². The molecular weight excluding hydrogens is 667 g/mol. The summed E-state index contributed by atoms with van der Waals surface area (Å²) in [5.41, 5.74) is 14.8. The van der Waals surface area contributed by atoms with Gasteiger partial charge in [0.1, 0.15) is 11.5 Å². The highest BCUT2D eigenvalue weighted by Gasteiger charge is 2.51. The van der Waals surface area contributed by atoms with Crippen LogP contribution in [0.2, 0.25) is 0 Å². The first-order chi connectivity index (χ1) is 27.3. The number of hydrogen-bond donors (Lipinski definition) is 0. The monoisotopic (exact) mass is 701 g/mol. The largest absolute Gasteiger partial charge is 0.456 e. The molecule has 1 aliphatic carbocycles. The molecule has 11 rings (SSSR count). The summed E-state index contributed by atoms with van der Waals surface area (Å²) in [6, 6.07) is 76.6. The maximum Gasteiger partial charge on any atom is 0.140 e. The van der Waals surface area contributed by atoms with Crippen molar-refractivity contribution in [2.75, 3.05) is 4.90 Å². The Bertz CT molecular complexity index is 2830. The molecule has 0 saturated heterocycles. The van der Waals surface area contributed by atoms with Gasteiger partial charge in [-0.2, -0.15) is 0 Å². The number of benzene rings is 9. The third-order valence-electron chi connectivity index (χ3n) is 11.5. The Kier molecular flexibility index (Phi) is 7.11. The predicted octanol–water partition coefficient (Wildman–Crippen LogP) is 14.1. The Balaban J connectivity index is 1.07. The Morgan fingerprint density at radius 1 is 0.327 bits per heavy atom. The number of fused-ring (bicyclic) bond motifs is 10. The van der Waals surface area contributed by atoms with E-state index in [2.05, 4.69) is 217 Å². The number of ether oxygens (including phenoxy) is 1. The zero-order valence-corrected chi connectivity index (χ0v) is 30.1. The molecule has 0 radical (unpaired) electrons. The van der Waals surface area contributed by atoms with Crippen molar-refractivity contribution in [1.29, 1.82) is 0 Å². The number of para-hydroxylation sites is 2. The third-order valence-corrected chi connectivity index (χ3v) is 11.5. The molecule has 0 N–H and O–H groups in total. The highest BCUT2D eigenvalue weighted by atomic mass is 16.5. The lowest BCUT2D eigenvalue weighted by molar-refractivity contribution is 0.439. The Labute approximate surface area is 321 Å². The molecule has 0 amide bonds. The summed E-state index contributed by atoms with van der Waals surface area (Å²) < 4.78 is 7.14. The highest BCUT2D eigenvalue weighted by molar-refractivity contribution is 5.94. The van der Waals surface area contributed by atoms with E-state index in [9.17, 15) is 0 Å². The minimum absolute atomic E-state index is 0.536. The molecule has 1 heterocycles. The van der Waals surface area contributed by atoms with Crippen molar-refractivity contribution in [2.24, 2.45) is 0 Å².